The number of ether oxygens (including phenoxy) is 1. The Bertz CT molecular complexity index is 457. The van der Waals surface area contributed by atoms with E-state index < -0.39 is 0 Å². The standard InChI is InChI=1S/C11H11N3O/c12-10-4-3-8(6-11(10)13)15-9-2-1-5-14-7-9/h1-7H,12-13H2. The van der Waals surface area contributed by atoms with E-state index in [1.165, 1.54) is 0 Å². The summed E-state index contributed by atoms with van der Waals surface area (Å²) < 4.78 is 5.52. The van der Waals surface area contributed by atoms with Crippen LogP contribution < -0.4 is 16.2 Å². The summed E-state index contributed by atoms with van der Waals surface area (Å²) in [5.41, 5.74) is 12.3. The van der Waals surface area contributed by atoms with Crippen molar-refractivity contribution in [2.24, 2.45) is 0 Å². The third kappa shape index (κ3) is 2.17. The quantitative estimate of drug-likeness (QED) is 0.729. The minimum Gasteiger partial charge on any atom is -0.456 e. The lowest BCUT2D eigenvalue weighted by atomic mass is 10.2. The van der Waals surface area contributed by atoms with Crippen LogP contribution in [0.5, 0.6) is 11.5 Å². The predicted molar refractivity (Wildman–Crippen MR) is 59.6 cm³/mol. The highest BCUT2D eigenvalue weighted by atomic mass is 16.5. The van der Waals surface area contributed by atoms with Gasteiger partial charge in [-0.3, -0.25) is 4.98 Å². The van der Waals surface area contributed by atoms with E-state index in [1.807, 2.05) is 6.07 Å². The molecule has 76 valence electrons. The van der Waals surface area contributed by atoms with Gasteiger partial charge >= 0.3 is 0 Å². The van der Waals surface area contributed by atoms with Crippen LogP contribution in [0, 0.1) is 0 Å². The fourth-order valence-corrected chi connectivity index (χ4v) is 1.16. The molecule has 0 saturated heterocycles. The molecule has 0 saturated carbocycles. The van der Waals surface area contributed by atoms with Gasteiger partial charge in [0.25, 0.3) is 0 Å². The highest BCUT2D eigenvalue weighted by Gasteiger charge is 1.99. The summed E-state index contributed by atoms with van der Waals surface area (Å²) in [6.07, 6.45) is 3.32. The molecule has 0 radical (unpaired) electrons. The average molecular weight is 201 g/mol. The molecule has 4 heteroatoms. The molecule has 0 unspecified atom stereocenters. The Labute approximate surface area is 87.5 Å². The van der Waals surface area contributed by atoms with Crippen LogP contribution in [0.15, 0.2) is 42.7 Å². The lowest BCUT2D eigenvalue weighted by Crippen LogP contribution is -1.94. The molecule has 1 aromatic heterocycles. The van der Waals surface area contributed by atoms with E-state index in [-0.39, 0.29) is 0 Å². The summed E-state index contributed by atoms with van der Waals surface area (Å²) in [6, 6.07) is 8.78. The number of nitrogens with two attached hydrogens (primary N) is 2. The lowest BCUT2D eigenvalue weighted by Gasteiger charge is -2.06. The topological polar surface area (TPSA) is 74.2 Å². The maximum absolute atomic E-state index is 5.65. The largest absolute Gasteiger partial charge is 0.456 e. The van der Waals surface area contributed by atoms with Crippen molar-refractivity contribution in [3.05, 3.63) is 42.7 Å². The normalized spacial score (nSPS) is 9.87. The van der Waals surface area contributed by atoms with Gasteiger partial charge in [0.2, 0.25) is 0 Å². The Kier molecular flexibility index (Phi) is 2.41. The molecular weight excluding hydrogens is 190 g/mol. The fraction of sp³-hybridized carbons (Fsp3) is 0. The molecule has 2 aromatic rings. The number of rotatable bonds is 2. The Hall–Kier alpha value is -2.23. The van der Waals surface area contributed by atoms with Crippen molar-refractivity contribution in [2.75, 3.05) is 11.5 Å². The zero-order valence-electron chi connectivity index (χ0n) is 8.05. The van der Waals surface area contributed by atoms with E-state index in [1.54, 1.807) is 36.7 Å². The van der Waals surface area contributed by atoms with Crippen molar-refractivity contribution in [3.63, 3.8) is 0 Å². The van der Waals surface area contributed by atoms with Crippen LogP contribution in [0.2, 0.25) is 0 Å². The van der Waals surface area contributed by atoms with Crippen molar-refractivity contribution in [1.82, 2.24) is 4.98 Å². The Balaban J connectivity index is 2.22. The molecule has 1 heterocycles. The maximum atomic E-state index is 5.65. The zero-order chi connectivity index (χ0) is 10.7. The molecule has 0 aliphatic rings. The minimum absolute atomic E-state index is 0.511. The first-order valence-electron chi connectivity index (χ1n) is 4.48. The van der Waals surface area contributed by atoms with Crippen molar-refractivity contribution in [1.29, 1.82) is 0 Å². The first-order chi connectivity index (χ1) is 7.25. The first kappa shape index (κ1) is 9.33. The number of nitrogen functional groups attached to an aromatic ring is 2. The molecule has 0 fully saturated rings. The van der Waals surface area contributed by atoms with E-state index >= 15 is 0 Å². The molecule has 4 nitrogen and oxygen atoms in total. The number of anilines is 2. The van der Waals surface area contributed by atoms with Gasteiger partial charge in [-0.25, -0.2) is 0 Å². The molecule has 0 amide bonds. The summed E-state index contributed by atoms with van der Waals surface area (Å²) in [5.74, 6) is 1.32. The van der Waals surface area contributed by atoms with Gasteiger partial charge in [-0.05, 0) is 24.3 Å². The van der Waals surface area contributed by atoms with Crippen LogP contribution in [0.1, 0.15) is 0 Å². The summed E-state index contributed by atoms with van der Waals surface area (Å²) >= 11 is 0. The Morgan fingerprint density at radius 1 is 1.00 bits per heavy atom. The second-order valence-corrected chi connectivity index (χ2v) is 3.08. The first-order valence-corrected chi connectivity index (χ1v) is 4.48. The highest BCUT2D eigenvalue weighted by molar-refractivity contribution is 5.65. The van der Waals surface area contributed by atoms with Crippen LogP contribution >= 0.6 is 0 Å². The number of hydrogen-bond acceptors (Lipinski definition) is 4. The molecule has 0 atom stereocenters. The smallest absolute Gasteiger partial charge is 0.145 e. The van der Waals surface area contributed by atoms with Crippen LogP contribution in [-0.2, 0) is 0 Å². The molecule has 0 bridgehead atoms. The molecule has 0 aliphatic carbocycles. The third-order valence-electron chi connectivity index (χ3n) is 1.93. The molecule has 2 rings (SSSR count). The van der Waals surface area contributed by atoms with Gasteiger partial charge in [-0.15, -0.1) is 0 Å². The monoisotopic (exact) mass is 201 g/mol. The summed E-state index contributed by atoms with van der Waals surface area (Å²) in [7, 11) is 0. The van der Waals surface area contributed by atoms with Crippen molar-refractivity contribution in [3.8, 4) is 11.5 Å². The fourth-order valence-electron chi connectivity index (χ4n) is 1.16. The van der Waals surface area contributed by atoms with Crippen molar-refractivity contribution in [2.45, 2.75) is 0 Å². The number of aromatic nitrogens is 1. The van der Waals surface area contributed by atoms with E-state index in [2.05, 4.69) is 4.98 Å². The van der Waals surface area contributed by atoms with Gasteiger partial charge in [0.15, 0.2) is 0 Å². The SMILES string of the molecule is Nc1ccc(Oc2cccnc2)cc1N. The third-order valence-corrected chi connectivity index (χ3v) is 1.93. The second-order valence-electron chi connectivity index (χ2n) is 3.08. The van der Waals surface area contributed by atoms with Gasteiger partial charge in [0.1, 0.15) is 11.5 Å². The summed E-state index contributed by atoms with van der Waals surface area (Å²) in [4.78, 5) is 3.94. The number of benzene rings is 1. The molecule has 1 aromatic carbocycles. The van der Waals surface area contributed by atoms with Gasteiger partial charge in [-0.1, -0.05) is 0 Å². The lowest BCUT2D eigenvalue weighted by molar-refractivity contribution is 0.480. The number of pyridine rings is 1. The van der Waals surface area contributed by atoms with E-state index in [0.717, 1.165) is 0 Å². The molecule has 0 aliphatic heterocycles. The zero-order valence-corrected chi connectivity index (χ0v) is 8.05. The van der Waals surface area contributed by atoms with Gasteiger partial charge in [0, 0.05) is 12.3 Å². The van der Waals surface area contributed by atoms with Crippen LogP contribution in [0.3, 0.4) is 0 Å². The maximum Gasteiger partial charge on any atom is 0.145 e. The Morgan fingerprint density at radius 2 is 1.87 bits per heavy atom. The average Bonchev–Trinajstić information content (AvgIpc) is 2.25. The Morgan fingerprint density at radius 3 is 2.53 bits per heavy atom. The van der Waals surface area contributed by atoms with E-state index in [4.69, 9.17) is 16.2 Å². The van der Waals surface area contributed by atoms with Crippen molar-refractivity contribution < 1.29 is 4.74 Å². The minimum atomic E-state index is 0.511. The highest BCUT2D eigenvalue weighted by Crippen LogP contribution is 2.25. The molecular formula is C11H11N3O. The van der Waals surface area contributed by atoms with Gasteiger partial charge in [-0.2, -0.15) is 0 Å². The van der Waals surface area contributed by atoms with Crippen molar-refractivity contribution >= 4 is 11.4 Å². The van der Waals surface area contributed by atoms with E-state index in [9.17, 15) is 0 Å². The summed E-state index contributed by atoms with van der Waals surface area (Å²) in [5, 5.41) is 0. The molecule has 15 heavy (non-hydrogen) atoms. The van der Waals surface area contributed by atoms with Crippen LogP contribution in [-0.4, -0.2) is 4.98 Å². The van der Waals surface area contributed by atoms with Gasteiger partial charge < -0.3 is 16.2 Å². The number of hydrogen-bond donors (Lipinski definition) is 2. The molecule has 0 spiro atoms. The molecule has 4 N–H and O–H groups in total. The predicted octanol–water partition coefficient (Wildman–Crippen LogP) is 2.04. The van der Waals surface area contributed by atoms with Crippen LogP contribution in [0.4, 0.5) is 11.4 Å². The van der Waals surface area contributed by atoms with Crippen LogP contribution in [0.25, 0.3) is 0 Å². The van der Waals surface area contributed by atoms with E-state index in [0.29, 0.717) is 22.9 Å². The van der Waals surface area contributed by atoms with Gasteiger partial charge in [0.05, 0.1) is 17.6 Å². The second kappa shape index (κ2) is 3.88. The number of nitrogens with zero attached hydrogens (tertiary/aromatic N) is 1. The summed E-state index contributed by atoms with van der Waals surface area (Å²) in [6.45, 7) is 0.